The number of amides is 1. The molecule has 196 valence electrons. The van der Waals surface area contributed by atoms with E-state index in [1.807, 2.05) is 0 Å². The smallest absolute Gasteiger partial charge is 0.326 e. The molecule has 0 radical (unpaired) electrons. The summed E-state index contributed by atoms with van der Waals surface area (Å²) in [5.74, 6) is -4.66. The van der Waals surface area contributed by atoms with Gasteiger partial charge in [-0.15, -0.1) is 23.2 Å². The highest BCUT2D eigenvalue weighted by Crippen LogP contribution is 2.65. The van der Waals surface area contributed by atoms with Gasteiger partial charge < -0.3 is 5.32 Å². The third-order valence-electron chi connectivity index (χ3n) is 5.44. The molecule has 1 saturated carbocycles. The van der Waals surface area contributed by atoms with Gasteiger partial charge in [0.25, 0.3) is 0 Å². The summed E-state index contributed by atoms with van der Waals surface area (Å²) in [5, 5.41) is 3.50. The normalized spacial score (nSPS) is 20.5. The van der Waals surface area contributed by atoms with E-state index in [4.69, 9.17) is 58.0 Å². The molecule has 0 heterocycles. The molecule has 3 rings (SSSR count). The maximum Gasteiger partial charge on any atom is 0.400 e. The molecule has 1 fully saturated rings. The summed E-state index contributed by atoms with van der Waals surface area (Å²) in [6.45, 7) is 1.53. The van der Waals surface area contributed by atoms with Crippen molar-refractivity contribution in [2.75, 3.05) is 16.8 Å². The highest BCUT2D eigenvalue weighted by atomic mass is 35.5. The van der Waals surface area contributed by atoms with Crippen molar-refractivity contribution < 1.29 is 27.0 Å². The lowest BCUT2D eigenvalue weighted by atomic mass is 10.0. The molecule has 1 aliphatic rings. The maximum absolute atomic E-state index is 12.9. The Balaban J connectivity index is 1.68. The number of nitrogens with one attached hydrogen (secondary N) is 1. The largest absolute Gasteiger partial charge is 0.400 e. The molecular weight excluding hydrogens is 605 g/mol. The molecule has 1 aliphatic carbocycles. The van der Waals surface area contributed by atoms with E-state index in [-0.39, 0.29) is 28.4 Å². The van der Waals surface area contributed by atoms with Crippen molar-refractivity contribution in [3.05, 3.63) is 62.6 Å². The van der Waals surface area contributed by atoms with Crippen LogP contribution in [0.25, 0.3) is 0 Å². The minimum Gasteiger partial charge on any atom is -0.326 e. The monoisotopic (exact) mass is 621 g/mol. The molecule has 4 atom stereocenters. The lowest BCUT2D eigenvalue weighted by Gasteiger charge is -2.13. The van der Waals surface area contributed by atoms with Gasteiger partial charge in [0.15, 0.2) is 5.78 Å². The topological polar surface area (TPSA) is 63.2 Å². The second-order valence-electron chi connectivity index (χ2n) is 8.62. The van der Waals surface area contributed by atoms with Gasteiger partial charge in [0, 0.05) is 50.2 Å². The van der Waals surface area contributed by atoms with Gasteiger partial charge in [-0.3, -0.25) is 13.8 Å². The standard InChI is InChI=1S/C23H19Cl5F3NO3S/c1-11(9-36(35)10-22(29,30)31)4-18(33)16-8-15(2-3-17(16)26)32-21(34)20-19(23(20,27)28)12-5-13(24)7-14(25)6-12/h2-3,5-8,11,19-20H,4,9-10H2,1H3,(H,32,34)/t11-,19?,20?,36?/m0/s1. The van der Waals surface area contributed by atoms with Crippen molar-refractivity contribution in [1.29, 1.82) is 0 Å². The molecule has 0 aromatic heterocycles. The number of halogens is 8. The van der Waals surface area contributed by atoms with E-state index < -0.39 is 56.5 Å². The SMILES string of the molecule is C[C@@H](CC(=O)c1cc(NC(=O)C2C(c3cc(Cl)cc(Cl)c3)C2(Cl)Cl)ccc1Cl)CS(=O)CC(F)(F)F. The van der Waals surface area contributed by atoms with E-state index in [1.54, 1.807) is 12.1 Å². The van der Waals surface area contributed by atoms with Crippen LogP contribution in [-0.4, -0.2) is 37.9 Å². The zero-order valence-corrected chi connectivity index (χ0v) is 23.1. The molecule has 13 heteroatoms. The first-order valence-corrected chi connectivity index (χ1v) is 13.9. The number of anilines is 1. The van der Waals surface area contributed by atoms with Crippen LogP contribution in [0.5, 0.6) is 0 Å². The Morgan fingerprint density at radius 3 is 2.28 bits per heavy atom. The van der Waals surface area contributed by atoms with Crippen molar-refractivity contribution in [2.24, 2.45) is 11.8 Å². The highest BCUT2D eigenvalue weighted by molar-refractivity contribution is 7.85. The second-order valence-corrected chi connectivity index (χ2v) is 12.8. The Kier molecular flexibility index (Phi) is 9.33. The number of carbonyl (C=O) groups is 2. The number of benzene rings is 2. The molecule has 2 aromatic carbocycles. The van der Waals surface area contributed by atoms with Crippen molar-refractivity contribution in [3.8, 4) is 0 Å². The number of carbonyl (C=O) groups excluding carboxylic acids is 2. The van der Waals surface area contributed by atoms with Gasteiger partial charge in [-0.05, 0) is 47.9 Å². The zero-order valence-electron chi connectivity index (χ0n) is 18.5. The summed E-state index contributed by atoms with van der Waals surface area (Å²) in [6.07, 6.45) is -4.72. The van der Waals surface area contributed by atoms with E-state index in [9.17, 15) is 27.0 Å². The third-order valence-corrected chi connectivity index (χ3v) is 8.74. The average Bonchev–Trinajstić information content (AvgIpc) is 3.29. The quantitative estimate of drug-likeness (QED) is 0.230. The van der Waals surface area contributed by atoms with E-state index in [1.165, 1.54) is 31.2 Å². The maximum atomic E-state index is 12.9. The van der Waals surface area contributed by atoms with Crippen LogP contribution in [0.1, 0.15) is 35.2 Å². The first kappa shape index (κ1) is 29.5. The van der Waals surface area contributed by atoms with Gasteiger partial charge in [-0.2, -0.15) is 13.2 Å². The van der Waals surface area contributed by atoms with Crippen LogP contribution in [0.4, 0.5) is 18.9 Å². The summed E-state index contributed by atoms with van der Waals surface area (Å²) in [7, 11) is -2.15. The van der Waals surface area contributed by atoms with Gasteiger partial charge in [-0.1, -0.05) is 41.7 Å². The Morgan fingerprint density at radius 2 is 1.69 bits per heavy atom. The van der Waals surface area contributed by atoms with Gasteiger partial charge in [0.2, 0.25) is 5.91 Å². The van der Waals surface area contributed by atoms with E-state index in [0.29, 0.717) is 15.6 Å². The fourth-order valence-electron chi connectivity index (χ4n) is 3.90. The molecule has 2 aromatic rings. The molecule has 1 N–H and O–H groups in total. The molecule has 3 unspecified atom stereocenters. The van der Waals surface area contributed by atoms with Crippen LogP contribution in [0.15, 0.2) is 36.4 Å². The molecule has 0 spiro atoms. The molecular formula is C23H19Cl5F3NO3S. The second kappa shape index (κ2) is 11.4. The number of ketones is 1. The molecule has 0 aliphatic heterocycles. The van der Waals surface area contributed by atoms with Crippen LogP contribution in [-0.2, 0) is 15.6 Å². The van der Waals surface area contributed by atoms with Crippen LogP contribution in [0.2, 0.25) is 15.1 Å². The van der Waals surface area contributed by atoms with Crippen molar-refractivity contribution in [1.82, 2.24) is 0 Å². The number of rotatable bonds is 9. The van der Waals surface area contributed by atoms with Crippen LogP contribution < -0.4 is 5.32 Å². The number of Topliss-reactive ketones (excluding diaryl/α,β-unsaturated/α-hetero) is 1. The van der Waals surface area contributed by atoms with Crippen LogP contribution in [0, 0.1) is 11.8 Å². The first-order chi connectivity index (χ1) is 16.6. The van der Waals surface area contributed by atoms with E-state index in [2.05, 4.69) is 5.32 Å². The van der Waals surface area contributed by atoms with Crippen molar-refractivity contribution >= 4 is 86.2 Å². The summed E-state index contributed by atoms with van der Waals surface area (Å²) in [4.78, 5) is 25.7. The van der Waals surface area contributed by atoms with Crippen molar-refractivity contribution in [2.45, 2.75) is 29.8 Å². The Bertz CT molecular complexity index is 1190. The average molecular weight is 624 g/mol. The predicted octanol–water partition coefficient (Wildman–Crippen LogP) is 7.69. The summed E-state index contributed by atoms with van der Waals surface area (Å²) in [6, 6.07) is 9.03. The highest BCUT2D eigenvalue weighted by Gasteiger charge is 2.67. The fraction of sp³-hybridized carbons (Fsp3) is 0.391. The Hall–Kier alpha value is -1.03. The molecule has 1 amide bonds. The molecule has 0 saturated heterocycles. The van der Waals surface area contributed by atoms with Gasteiger partial charge in [0.05, 0.1) is 10.9 Å². The van der Waals surface area contributed by atoms with Crippen LogP contribution in [0.3, 0.4) is 0 Å². The van der Waals surface area contributed by atoms with E-state index in [0.717, 1.165) is 0 Å². The van der Waals surface area contributed by atoms with Gasteiger partial charge >= 0.3 is 6.18 Å². The Labute approximate surface area is 233 Å². The fourth-order valence-corrected chi connectivity index (χ4v) is 6.73. The summed E-state index contributed by atoms with van der Waals surface area (Å²) in [5.41, 5.74) is 0.918. The summed E-state index contributed by atoms with van der Waals surface area (Å²) >= 11 is 31.0. The van der Waals surface area contributed by atoms with Crippen molar-refractivity contribution in [3.63, 3.8) is 0 Å². The van der Waals surface area contributed by atoms with Gasteiger partial charge in [0.1, 0.15) is 10.1 Å². The zero-order chi connectivity index (χ0) is 27.0. The van der Waals surface area contributed by atoms with E-state index >= 15 is 0 Å². The lowest BCUT2D eigenvalue weighted by Crippen LogP contribution is -2.23. The first-order valence-electron chi connectivity index (χ1n) is 10.5. The number of hydrogen-bond donors (Lipinski definition) is 1. The summed E-state index contributed by atoms with van der Waals surface area (Å²) < 4.78 is 47.5. The number of alkyl halides is 5. The Morgan fingerprint density at radius 1 is 1.08 bits per heavy atom. The molecule has 0 bridgehead atoms. The lowest BCUT2D eigenvalue weighted by molar-refractivity contribution is -0.117. The van der Waals surface area contributed by atoms with Crippen LogP contribution >= 0.6 is 58.0 Å². The minimum absolute atomic E-state index is 0.0694. The predicted molar refractivity (Wildman–Crippen MR) is 139 cm³/mol. The molecule has 4 nitrogen and oxygen atoms in total. The van der Waals surface area contributed by atoms with Gasteiger partial charge in [-0.25, -0.2) is 0 Å². The third kappa shape index (κ3) is 7.51. The molecule has 36 heavy (non-hydrogen) atoms. The number of hydrogen-bond acceptors (Lipinski definition) is 3. The minimum atomic E-state index is -4.55.